The van der Waals surface area contributed by atoms with Gasteiger partial charge in [0.2, 0.25) is 0 Å². The van der Waals surface area contributed by atoms with Crippen molar-refractivity contribution in [1.29, 1.82) is 0 Å². The zero-order valence-corrected chi connectivity index (χ0v) is 22.6. The number of anilines is 1. The third-order valence-corrected chi connectivity index (χ3v) is 7.36. The zero-order chi connectivity index (χ0) is 27.4. The van der Waals surface area contributed by atoms with Crippen molar-refractivity contribution in [1.82, 2.24) is 25.3 Å². The van der Waals surface area contributed by atoms with Gasteiger partial charge in [0.25, 0.3) is 0 Å². The minimum Gasteiger partial charge on any atom is -0.388 e. The number of allylic oxidation sites excluding steroid dienone is 5. The molecule has 1 aromatic carbocycles. The first-order valence-electron chi connectivity index (χ1n) is 13.2. The van der Waals surface area contributed by atoms with E-state index in [0.717, 1.165) is 61.5 Å². The highest BCUT2D eigenvalue weighted by molar-refractivity contribution is 5.94. The number of pyridine rings is 2. The molecular weight excluding hydrogens is 480 g/mol. The zero-order valence-electron chi connectivity index (χ0n) is 22.6. The number of aromatic nitrogens is 4. The molecule has 1 saturated carbocycles. The number of hydrogen-bond donors (Lipinski definition) is 3. The van der Waals surface area contributed by atoms with Gasteiger partial charge in [0, 0.05) is 59.4 Å². The quantitative estimate of drug-likeness (QED) is 0.191. The molecule has 1 fully saturated rings. The molecule has 0 unspecified atom stereocenters. The Hall–Kier alpha value is -4.71. The van der Waals surface area contributed by atoms with Crippen LogP contribution in [-0.4, -0.2) is 27.0 Å². The Labute approximate surface area is 230 Å². The summed E-state index contributed by atoms with van der Waals surface area (Å²) >= 11 is 0. The topological polar surface area (TPSA) is 78.5 Å². The Morgan fingerprint density at radius 3 is 2.54 bits per heavy atom. The van der Waals surface area contributed by atoms with Gasteiger partial charge in [-0.3, -0.25) is 9.97 Å². The van der Waals surface area contributed by atoms with Crippen molar-refractivity contribution in [2.75, 3.05) is 12.4 Å². The van der Waals surface area contributed by atoms with Gasteiger partial charge in [0.1, 0.15) is 5.82 Å². The van der Waals surface area contributed by atoms with E-state index in [4.69, 9.17) is 4.98 Å². The number of nitrogens with one attached hydrogen (secondary N) is 3. The predicted molar refractivity (Wildman–Crippen MR) is 163 cm³/mol. The van der Waals surface area contributed by atoms with Gasteiger partial charge in [-0.1, -0.05) is 38.3 Å². The SMILES string of the molecule is C=C/C(=C\C(=C/C)c1ccc(NC)c(C(=C)c2nc3c(-c4ccncc4)cncc3[nH]2)c1)NC(=C)C1CCC1. The Bertz CT molecular complexity index is 1600. The van der Waals surface area contributed by atoms with E-state index >= 15 is 0 Å². The number of fused-ring (bicyclic) bond motifs is 1. The molecule has 0 radical (unpaired) electrons. The van der Waals surface area contributed by atoms with E-state index in [-0.39, 0.29) is 0 Å². The fourth-order valence-corrected chi connectivity index (χ4v) is 4.83. The van der Waals surface area contributed by atoms with Gasteiger partial charge < -0.3 is 15.6 Å². The van der Waals surface area contributed by atoms with Crippen molar-refractivity contribution in [2.24, 2.45) is 5.92 Å². The minimum atomic E-state index is 0.547. The molecule has 3 aromatic heterocycles. The van der Waals surface area contributed by atoms with E-state index in [1.165, 1.54) is 19.3 Å². The van der Waals surface area contributed by atoms with Gasteiger partial charge in [-0.05, 0) is 78.8 Å². The average Bonchev–Trinajstić information content (AvgIpc) is 3.38. The number of hydrogen-bond acceptors (Lipinski definition) is 5. The van der Waals surface area contributed by atoms with Crippen LogP contribution in [0, 0.1) is 5.92 Å². The highest BCUT2D eigenvalue weighted by atomic mass is 14.9. The largest absolute Gasteiger partial charge is 0.388 e. The van der Waals surface area contributed by atoms with Gasteiger partial charge in [0.05, 0.1) is 17.2 Å². The van der Waals surface area contributed by atoms with Gasteiger partial charge in [0.15, 0.2) is 0 Å². The molecule has 6 nitrogen and oxygen atoms in total. The summed E-state index contributed by atoms with van der Waals surface area (Å²) in [7, 11) is 1.91. The summed E-state index contributed by atoms with van der Waals surface area (Å²) in [6.07, 6.45) is 16.9. The van der Waals surface area contributed by atoms with E-state index in [9.17, 15) is 0 Å². The molecule has 0 atom stereocenters. The monoisotopic (exact) mass is 514 g/mol. The molecular formula is C33H34N6. The summed E-state index contributed by atoms with van der Waals surface area (Å²) in [5.41, 5.74) is 10.5. The van der Waals surface area contributed by atoms with Gasteiger partial charge in [-0.25, -0.2) is 4.98 Å². The average molecular weight is 515 g/mol. The van der Waals surface area contributed by atoms with E-state index in [0.29, 0.717) is 11.7 Å². The van der Waals surface area contributed by atoms with Gasteiger partial charge in [-0.2, -0.15) is 0 Å². The highest BCUT2D eigenvalue weighted by Gasteiger charge is 2.21. The van der Waals surface area contributed by atoms with Crippen LogP contribution in [0.1, 0.15) is 43.1 Å². The standard InChI is InChI=1S/C33H34N6/c1-6-23(17-27(7-2)37-22(4)24-9-8-10-24)26-11-12-30(34-5)28(18-26)21(3)33-38-31-20-36-19-29(32(31)39-33)25-13-15-35-16-14-25/h6-7,11-20,24,34,37H,2-4,8-10H2,1,5H3,(H,38,39)/b23-6+,27-17+. The van der Waals surface area contributed by atoms with Crippen molar-refractivity contribution < 1.29 is 0 Å². The van der Waals surface area contributed by atoms with Crippen LogP contribution >= 0.6 is 0 Å². The molecule has 0 amide bonds. The molecule has 0 spiro atoms. The van der Waals surface area contributed by atoms with E-state index in [2.05, 4.69) is 75.7 Å². The Balaban J connectivity index is 1.49. The molecule has 5 rings (SSSR count). The van der Waals surface area contributed by atoms with Crippen LogP contribution < -0.4 is 10.6 Å². The number of rotatable bonds is 10. The van der Waals surface area contributed by atoms with Crippen LogP contribution in [0.5, 0.6) is 0 Å². The second kappa shape index (κ2) is 11.4. The third kappa shape index (κ3) is 5.32. The number of nitrogens with zero attached hydrogens (tertiary/aromatic N) is 3. The molecule has 4 aromatic rings. The summed E-state index contributed by atoms with van der Waals surface area (Å²) in [5.74, 6) is 1.25. The molecule has 3 heterocycles. The molecule has 196 valence electrons. The van der Waals surface area contributed by atoms with Crippen molar-refractivity contribution in [2.45, 2.75) is 26.2 Å². The maximum absolute atomic E-state index is 4.96. The molecule has 1 aliphatic carbocycles. The lowest BCUT2D eigenvalue weighted by Crippen LogP contribution is -2.23. The molecule has 0 bridgehead atoms. The smallest absolute Gasteiger partial charge is 0.138 e. The molecule has 1 aliphatic rings. The predicted octanol–water partition coefficient (Wildman–Crippen LogP) is 7.50. The second-order valence-corrected chi connectivity index (χ2v) is 9.72. The van der Waals surface area contributed by atoms with Crippen LogP contribution in [0.3, 0.4) is 0 Å². The van der Waals surface area contributed by atoms with Crippen molar-refractivity contribution in [3.05, 3.63) is 121 Å². The number of imidazole rings is 1. The van der Waals surface area contributed by atoms with Crippen LogP contribution in [0.25, 0.3) is 33.3 Å². The Kier molecular flexibility index (Phi) is 7.55. The van der Waals surface area contributed by atoms with E-state index in [1.807, 2.05) is 38.4 Å². The van der Waals surface area contributed by atoms with Gasteiger partial charge >= 0.3 is 0 Å². The Morgan fingerprint density at radius 2 is 1.87 bits per heavy atom. The second-order valence-electron chi connectivity index (χ2n) is 9.72. The number of benzene rings is 1. The summed E-state index contributed by atoms with van der Waals surface area (Å²) in [5, 5.41) is 6.78. The molecule has 0 saturated heterocycles. The van der Waals surface area contributed by atoms with Crippen molar-refractivity contribution in [3.63, 3.8) is 0 Å². The summed E-state index contributed by atoms with van der Waals surface area (Å²) in [6, 6.07) is 10.3. The summed E-state index contributed by atoms with van der Waals surface area (Å²) in [4.78, 5) is 16.9. The minimum absolute atomic E-state index is 0.547. The normalized spacial score (nSPS) is 14.1. The lowest BCUT2D eigenvalue weighted by atomic mass is 9.83. The number of H-pyrrole nitrogens is 1. The van der Waals surface area contributed by atoms with Crippen LogP contribution in [-0.2, 0) is 0 Å². The van der Waals surface area contributed by atoms with E-state index in [1.54, 1.807) is 18.6 Å². The van der Waals surface area contributed by atoms with Crippen LogP contribution in [0.15, 0.2) is 104 Å². The van der Waals surface area contributed by atoms with E-state index < -0.39 is 0 Å². The first-order chi connectivity index (χ1) is 19.0. The van der Waals surface area contributed by atoms with Crippen LogP contribution in [0.2, 0.25) is 0 Å². The highest BCUT2D eigenvalue weighted by Crippen LogP contribution is 2.34. The van der Waals surface area contributed by atoms with Crippen molar-refractivity contribution in [3.8, 4) is 11.1 Å². The Morgan fingerprint density at radius 1 is 1.08 bits per heavy atom. The third-order valence-electron chi connectivity index (χ3n) is 7.36. The molecule has 6 heteroatoms. The fourth-order valence-electron chi connectivity index (χ4n) is 4.83. The maximum atomic E-state index is 4.96. The first kappa shape index (κ1) is 25.9. The summed E-state index contributed by atoms with van der Waals surface area (Å²) in [6.45, 7) is 14.7. The molecule has 3 N–H and O–H groups in total. The maximum Gasteiger partial charge on any atom is 0.138 e. The molecule has 39 heavy (non-hydrogen) atoms. The van der Waals surface area contributed by atoms with Gasteiger partial charge in [-0.15, -0.1) is 0 Å². The summed E-state index contributed by atoms with van der Waals surface area (Å²) < 4.78 is 0. The lowest BCUT2D eigenvalue weighted by molar-refractivity contribution is 0.356. The lowest BCUT2D eigenvalue weighted by Gasteiger charge is -2.28. The van der Waals surface area contributed by atoms with Crippen LogP contribution in [0.4, 0.5) is 5.69 Å². The number of aromatic amines is 1. The molecule has 0 aliphatic heterocycles. The van der Waals surface area contributed by atoms with Crippen molar-refractivity contribution >= 4 is 27.9 Å². The fraction of sp³-hybridized carbons (Fsp3) is 0.182. The first-order valence-corrected chi connectivity index (χ1v) is 13.2.